The van der Waals surface area contributed by atoms with Gasteiger partial charge < -0.3 is 24.3 Å². The van der Waals surface area contributed by atoms with Gasteiger partial charge in [-0.05, 0) is 19.2 Å². The van der Waals surface area contributed by atoms with Crippen molar-refractivity contribution in [3.63, 3.8) is 0 Å². The van der Waals surface area contributed by atoms with Crippen LogP contribution in [0.25, 0.3) is 0 Å². The molecular formula is C13H20ClNO5. The summed E-state index contributed by atoms with van der Waals surface area (Å²) in [5.41, 5.74) is 0.352. The highest BCUT2D eigenvalue weighted by Gasteiger charge is 2.17. The molecule has 6 nitrogen and oxygen atoms in total. The minimum atomic E-state index is -0.436. The Hall–Kier alpha value is -1.66. The van der Waals surface area contributed by atoms with E-state index in [0.29, 0.717) is 36.0 Å². The van der Waals surface area contributed by atoms with Gasteiger partial charge in [0.25, 0.3) is 0 Å². The fourth-order valence-corrected chi connectivity index (χ4v) is 1.53. The first-order valence-electron chi connectivity index (χ1n) is 5.79. The molecule has 0 unspecified atom stereocenters. The zero-order valence-corrected chi connectivity index (χ0v) is 12.8. The van der Waals surface area contributed by atoms with Gasteiger partial charge in [-0.1, -0.05) is 0 Å². The van der Waals surface area contributed by atoms with E-state index in [4.69, 9.17) is 18.9 Å². The standard InChI is InChI=1S/C13H19NO5.ClH/c1-14-5-6-19-13(15)9-7-10(16-2)12(18-4)11(8-9)17-3;/h7-8,14H,5-6H2,1-4H3;1H. The zero-order chi connectivity index (χ0) is 14.3. The maximum Gasteiger partial charge on any atom is 0.338 e. The molecule has 20 heavy (non-hydrogen) atoms. The molecule has 0 fully saturated rings. The molecule has 0 amide bonds. The Labute approximate surface area is 124 Å². The highest BCUT2D eigenvalue weighted by atomic mass is 35.5. The molecule has 0 saturated carbocycles. The van der Waals surface area contributed by atoms with Crippen LogP contribution in [0.15, 0.2) is 12.1 Å². The molecule has 0 bridgehead atoms. The van der Waals surface area contributed by atoms with E-state index < -0.39 is 5.97 Å². The van der Waals surface area contributed by atoms with Crippen LogP contribution in [0.2, 0.25) is 0 Å². The Bertz CT molecular complexity index is 414. The van der Waals surface area contributed by atoms with Gasteiger partial charge in [0.1, 0.15) is 6.61 Å². The quantitative estimate of drug-likeness (QED) is 0.608. The van der Waals surface area contributed by atoms with Gasteiger partial charge >= 0.3 is 5.97 Å². The van der Waals surface area contributed by atoms with E-state index in [1.54, 1.807) is 19.2 Å². The highest BCUT2D eigenvalue weighted by Crippen LogP contribution is 2.38. The monoisotopic (exact) mass is 305 g/mol. The van der Waals surface area contributed by atoms with E-state index in [0.717, 1.165) is 0 Å². The Morgan fingerprint density at radius 1 is 1.10 bits per heavy atom. The van der Waals surface area contributed by atoms with Crippen LogP contribution in [-0.4, -0.2) is 47.5 Å². The maximum absolute atomic E-state index is 11.9. The van der Waals surface area contributed by atoms with Gasteiger partial charge in [0, 0.05) is 6.54 Å². The maximum atomic E-state index is 11.9. The van der Waals surface area contributed by atoms with Crippen LogP contribution in [0, 0.1) is 0 Å². The molecule has 0 spiro atoms. The SMILES string of the molecule is CNCCOC(=O)c1cc(OC)c(OC)c(OC)c1.Cl. The van der Waals surface area contributed by atoms with Crippen LogP contribution >= 0.6 is 12.4 Å². The van der Waals surface area contributed by atoms with E-state index in [-0.39, 0.29) is 12.4 Å². The van der Waals surface area contributed by atoms with Crippen LogP contribution < -0.4 is 19.5 Å². The molecule has 0 heterocycles. The summed E-state index contributed by atoms with van der Waals surface area (Å²) in [6.45, 7) is 0.891. The van der Waals surface area contributed by atoms with Crippen molar-refractivity contribution in [2.75, 3.05) is 41.5 Å². The summed E-state index contributed by atoms with van der Waals surface area (Å²) in [4.78, 5) is 11.9. The molecule has 7 heteroatoms. The molecule has 1 aromatic rings. The molecule has 114 valence electrons. The Morgan fingerprint density at radius 2 is 1.65 bits per heavy atom. The van der Waals surface area contributed by atoms with Crippen molar-refractivity contribution in [2.24, 2.45) is 0 Å². The lowest BCUT2D eigenvalue weighted by molar-refractivity contribution is 0.0509. The smallest absolute Gasteiger partial charge is 0.338 e. The topological polar surface area (TPSA) is 66.0 Å². The van der Waals surface area contributed by atoms with Crippen LogP contribution in [0.4, 0.5) is 0 Å². The number of nitrogens with one attached hydrogen (secondary N) is 1. The van der Waals surface area contributed by atoms with Crippen LogP contribution in [0.5, 0.6) is 17.2 Å². The summed E-state index contributed by atoms with van der Waals surface area (Å²) < 4.78 is 20.6. The van der Waals surface area contributed by atoms with Crippen molar-refractivity contribution in [1.82, 2.24) is 5.32 Å². The van der Waals surface area contributed by atoms with Gasteiger partial charge in [-0.15, -0.1) is 12.4 Å². The second-order valence-electron chi connectivity index (χ2n) is 3.65. The Balaban J connectivity index is 0.00000361. The number of halogens is 1. The predicted molar refractivity (Wildman–Crippen MR) is 77.6 cm³/mol. The van der Waals surface area contributed by atoms with Crippen molar-refractivity contribution in [2.45, 2.75) is 0 Å². The van der Waals surface area contributed by atoms with Gasteiger partial charge in [0.2, 0.25) is 5.75 Å². The van der Waals surface area contributed by atoms with Crippen molar-refractivity contribution in [3.8, 4) is 17.2 Å². The first-order chi connectivity index (χ1) is 9.17. The highest BCUT2D eigenvalue weighted by molar-refractivity contribution is 5.91. The van der Waals surface area contributed by atoms with Gasteiger partial charge in [-0.25, -0.2) is 4.79 Å². The van der Waals surface area contributed by atoms with E-state index >= 15 is 0 Å². The molecule has 0 aliphatic rings. The van der Waals surface area contributed by atoms with Crippen molar-refractivity contribution in [1.29, 1.82) is 0 Å². The zero-order valence-electron chi connectivity index (χ0n) is 12.0. The molecule has 0 aliphatic heterocycles. The molecule has 0 saturated heterocycles. The molecule has 0 aromatic heterocycles. The number of esters is 1. The number of rotatable bonds is 7. The number of methoxy groups -OCH3 is 3. The van der Waals surface area contributed by atoms with Gasteiger partial charge in [0.05, 0.1) is 26.9 Å². The van der Waals surface area contributed by atoms with Crippen LogP contribution in [0.3, 0.4) is 0 Å². The fourth-order valence-electron chi connectivity index (χ4n) is 1.53. The molecule has 0 aliphatic carbocycles. The molecular weight excluding hydrogens is 286 g/mol. The first kappa shape index (κ1) is 18.3. The largest absolute Gasteiger partial charge is 0.493 e. The summed E-state index contributed by atoms with van der Waals surface area (Å²) in [5.74, 6) is 0.844. The van der Waals surface area contributed by atoms with Crippen molar-refractivity contribution >= 4 is 18.4 Å². The molecule has 0 radical (unpaired) electrons. The number of hydrogen-bond donors (Lipinski definition) is 1. The van der Waals surface area contributed by atoms with E-state index in [1.807, 2.05) is 0 Å². The summed E-state index contributed by atoms with van der Waals surface area (Å²) in [6, 6.07) is 3.12. The molecule has 1 aromatic carbocycles. The van der Waals surface area contributed by atoms with Crippen molar-refractivity contribution < 1.29 is 23.7 Å². The molecule has 1 rings (SSSR count). The summed E-state index contributed by atoms with van der Waals surface area (Å²) in [7, 11) is 6.28. The fraction of sp³-hybridized carbons (Fsp3) is 0.462. The minimum Gasteiger partial charge on any atom is -0.493 e. The third kappa shape index (κ3) is 4.47. The van der Waals surface area contributed by atoms with E-state index in [2.05, 4.69) is 5.32 Å². The average Bonchev–Trinajstić information content (AvgIpc) is 2.45. The van der Waals surface area contributed by atoms with Crippen molar-refractivity contribution in [3.05, 3.63) is 17.7 Å². The van der Waals surface area contributed by atoms with Gasteiger partial charge in [-0.2, -0.15) is 0 Å². The lowest BCUT2D eigenvalue weighted by Gasteiger charge is -2.13. The first-order valence-corrected chi connectivity index (χ1v) is 5.79. The number of likely N-dealkylation sites (N-methyl/N-ethyl adjacent to an activating group) is 1. The summed E-state index contributed by atoms with van der Waals surface area (Å²) in [5, 5.41) is 2.89. The van der Waals surface area contributed by atoms with Crippen LogP contribution in [-0.2, 0) is 4.74 Å². The van der Waals surface area contributed by atoms with Gasteiger partial charge in [0.15, 0.2) is 11.5 Å². The molecule has 1 N–H and O–H groups in total. The lowest BCUT2D eigenvalue weighted by Crippen LogP contribution is -2.17. The van der Waals surface area contributed by atoms with Gasteiger partial charge in [-0.3, -0.25) is 0 Å². The van der Waals surface area contributed by atoms with Crippen LogP contribution in [0.1, 0.15) is 10.4 Å². The number of ether oxygens (including phenoxy) is 4. The second kappa shape index (κ2) is 9.28. The van der Waals surface area contributed by atoms with E-state index in [1.165, 1.54) is 21.3 Å². The second-order valence-corrected chi connectivity index (χ2v) is 3.65. The Morgan fingerprint density at radius 3 is 2.05 bits per heavy atom. The van der Waals surface area contributed by atoms with E-state index in [9.17, 15) is 4.79 Å². The third-order valence-electron chi connectivity index (χ3n) is 2.49. The summed E-state index contributed by atoms with van der Waals surface area (Å²) >= 11 is 0. The number of benzene rings is 1. The predicted octanol–water partition coefficient (Wildman–Crippen LogP) is 1.51. The number of carbonyl (C=O) groups is 1. The average molecular weight is 306 g/mol. The third-order valence-corrected chi connectivity index (χ3v) is 2.49. The Kier molecular flexibility index (Phi) is 8.51. The lowest BCUT2D eigenvalue weighted by atomic mass is 10.2. The molecule has 0 atom stereocenters. The number of carbonyl (C=O) groups excluding carboxylic acids is 1. The summed E-state index contributed by atoms with van der Waals surface area (Å²) in [6.07, 6.45) is 0. The number of hydrogen-bond acceptors (Lipinski definition) is 6. The minimum absolute atomic E-state index is 0. The normalized spacial score (nSPS) is 9.40.